The predicted octanol–water partition coefficient (Wildman–Crippen LogP) is 4.31. The van der Waals surface area contributed by atoms with Crippen LogP contribution in [0.1, 0.15) is 43.4 Å². The largest absolute Gasteiger partial charge is 0.490 e. The molecular formula is C18H22O2. The Morgan fingerprint density at radius 1 is 1.00 bits per heavy atom. The summed E-state index contributed by atoms with van der Waals surface area (Å²) in [5, 5.41) is 10.1. The van der Waals surface area contributed by atoms with Crippen molar-refractivity contribution in [2.24, 2.45) is 0 Å². The van der Waals surface area contributed by atoms with Gasteiger partial charge in [0.15, 0.2) is 0 Å². The molecule has 0 saturated heterocycles. The van der Waals surface area contributed by atoms with Gasteiger partial charge in [0.05, 0.1) is 0 Å². The van der Waals surface area contributed by atoms with Gasteiger partial charge in [-0.1, -0.05) is 62.4 Å². The molecule has 2 rings (SSSR count). The summed E-state index contributed by atoms with van der Waals surface area (Å²) in [5.41, 5.74) is 2.09. The van der Waals surface area contributed by atoms with Crippen LogP contribution in [-0.4, -0.2) is 11.7 Å². The van der Waals surface area contributed by atoms with Crippen LogP contribution in [0.4, 0.5) is 0 Å². The monoisotopic (exact) mass is 270 g/mol. The molecule has 0 aromatic heterocycles. The molecule has 0 aliphatic carbocycles. The Morgan fingerprint density at radius 2 is 1.65 bits per heavy atom. The summed E-state index contributed by atoms with van der Waals surface area (Å²) in [7, 11) is 0. The lowest BCUT2D eigenvalue weighted by Gasteiger charge is -2.18. The Balaban J connectivity index is 2.04. The highest BCUT2D eigenvalue weighted by molar-refractivity contribution is 5.36. The van der Waals surface area contributed by atoms with Gasteiger partial charge < -0.3 is 9.84 Å². The summed E-state index contributed by atoms with van der Waals surface area (Å²) in [4.78, 5) is 0. The summed E-state index contributed by atoms with van der Waals surface area (Å²) in [6, 6.07) is 17.7. The topological polar surface area (TPSA) is 29.5 Å². The van der Waals surface area contributed by atoms with Crippen LogP contribution in [0.2, 0.25) is 0 Å². The van der Waals surface area contributed by atoms with Crippen molar-refractivity contribution >= 4 is 0 Å². The first kappa shape index (κ1) is 14.6. The maximum atomic E-state index is 10.1. The van der Waals surface area contributed by atoms with Gasteiger partial charge in [-0.2, -0.15) is 0 Å². The Morgan fingerprint density at radius 3 is 2.35 bits per heavy atom. The first-order valence-corrected chi connectivity index (χ1v) is 7.17. The summed E-state index contributed by atoms with van der Waals surface area (Å²) in [6.45, 7) is 4.63. The van der Waals surface area contributed by atoms with E-state index in [1.54, 1.807) is 0 Å². The molecule has 0 saturated carbocycles. The minimum Gasteiger partial charge on any atom is -0.490 e. The molecule has 2 nitrogen and oxygen atoms in total. The zero-order valence-electron chi connectivity index (χ0n) is 12.1. The summed E-state index contributed by atoms with van der Waals surface area (Å²) < 4.78 is 5.83. The first-order chi connectivity index (χ1) is 9.72. The fourth-order valence-electron chi connectivity index (χ4n) is 2.18. The summed E-state index contributed by atoms with van der Waals surface area (Å²) in [6.07, 6.45) is 0.475. The third kappa shape index (κ3) is 3.61. The van der Waals surface area contributed by atoms with E-state index in [0.29, 0.717) is 5.92 Å². The molecule has 0 bridgehead atoms. The van der Waals surface area contributed by atoms with Crippen LogP contribution in [-0.2, 0) is 0 Å². The molecule has 0 radical (unpaired) electrons. The van der Waals surface area contributed by atoms with Crippen molar-refractivity contribution in [1.29, 1.82) is 0 Å². The maximum absolute atomic E-state index is 10.1. The van der Waals surface area contributed by atoms with Crippen molar-refractivity contribution in [2.45, 2.75) is 32.3 Å². The van der Waals surface area contributed by atoms with Gasteiger partial charge in [0, 0.05) is 0 Å². The van der Waals surface area contributed by atoms with E-state index in [0.717, 1.165) is 17.7 Å². The van der Waals surface area contributed by atoms with Crippen molar-refractivity contribution < 1.29 is 9.84 Å². The molecule has 2 aromatic carbocycles. The number of ether oxygens (including phenoxy) is 1. The fraction of sp³-hybridized carbons (Fsp3) is 0.333. The summed E-state index contributed by atoms with van der Waals surface area (Å²) in [5.74, 6) is 1.33. The lowest BCUT2D eigenvalue weighted by molar-refractivity contribution is 0.107. The van der Waals surface area contributed by atoms with Crippen molar-refractivity contribution in [3.63, 3.8) is 0 Å². The zero-order valence-corrected chi connectivity index (χ0v) is 12.1. The van der Waals surface area contributed by atoms with Crippen molar-refractivity contribution in [1.82, 2.24) is 0 Å². The van der Waals surface area contributed by atoms with Gasteiger partial charge in [-0.05, 0) is 29.5 Å². The zero-order chi connectivity index (χ0) is 14.4. The second-order valence-corrected chi connectivity index (χ2v) is 5.08. The van der Waals surface area contributed by atoms with E-state index in [1.165, 1.54) is 5.56 Å². The van der Waals surface area contributed by atoms with E-state index in [2.05, 4.69) is 19.9 Å². The van der Waals surface area contributed by atoms with Crippen LogP contribution < -0.4 is 4.74 Å². The molecular weight excluding hydrogens is 248 g/mol. The third-order valence-electron chi connectivity index (χ3n) is 3.64. The highest BCUT2D eigenvalue weighted by Gasteiger charge is 2.12. The normalized spacial score (nSPS) is 13.8. The van der Waals surface area contributed by atoms with Crippen molar-refractivity contribution in [2.75, 3.05) is 6.61 Å². The second-order valence-electron chi connectivity index (χ2n) is 5.08. The molecule has 106 valence electrons. The fourth-order valence-corrected chi connectivity index (χ4v) is 2.18. The minimum atomic E-state index is -0.596. The smallest absolute Gasteiger partial charge is 0.122 e. The lowest BCUT2D eigenvalue weighted by Crippen LogP contribution is -2.11. The highest BCUT2D eigenvalue weighted by atomic mass is 16.5. The SMILES string of the molecule is CCC(C)c1ccccc1OCC(O)c1ccccc1. The standard InChI is InChI=1S/C18H22O2/c1-3-14(2)16-11-7-8-12-18(16)20-13-17(19)15-9-5-4-6-10-15/h4-12,14,17,19H,3,13H2,1-2H3. The Hall–Kier alpha value is -1.80. The van der Waals surface area contributed by atoms with E-state index in [4.69, 9.17) is 4.74 Å². The first-order valence-electron chi connectivity index (χ1n) is 7.17. The molecule has 0 heterocycles. The number of rotatable bonds is 6. The molecule has 2 aromatic rings. The average Bonchev–Trinajstić information content (AvgIpc) is 2.53. The second kappa shape index (κ2) is 7.11. The Bertz CT molecular complexity index is 522. The van der Waals surface area contributed by atoms with Crippen LogP contribution in [0, 0.1) is 0 Å². The third-order valence-corrected chi connectivity index (χ3v) is 3.64. The molecule has 1 N–H and O–H groups in total. The molecule has 2 atom stereocenters. The molecule has 2 heteroatoms. The molecule has 0 amide bonds. The number of aliphatic hydroxyl groups is 1. The van der Waals surface area contributed by atoms with Crippen LogP contribution in [0.15, 0.2) is 54.6 Å². The van der Waals surface area contributed by atoms with Gasteiger partial charge in [-0.25, -0.2) is 0 Å². The van der Waals surface area contributed by atoms with Crippen molar-refractivity contribution in [3.8, 4) is 5.75 Å². The Labute approximate surface area is 121 Å². The minimum absolute atomic E-state index is 0.275. The predicted molar refractivity (Wildman–Crippen MR) is 82.0 cm³/mol. The lowest BCUT2D eigenvalue weighted by atomic mass is 9.98. The molecule has 2 unspecified atom stereocenters. The van der Waals surface area contributed by atoms with Gasteiger partial charge in [-0.3, -0.25) is 0 Å². The number of aliphatic hydroxyl groups excluding tert-OH is 1. The highest BCUT2D eigenvalue weighted by Crippen LogP contribution is 2.29. The van der Waals surface area contributed by atoms with Crippen LogP contribution in [0.3, 0.4) is 0 Å². The van der Waals surface area contributed by atoms with E-state index in [9.17, 15) is 5.11 Å². The van der Waals surface area contributed by atoms with E-state index < -0.39 is 6.10 Å². The molecule has 0 spiro atoms. The van der Waals surface area contributed by atoms with Crippen LogP contribution >= 0.6 is 0 Å². The maximum Gasteiger partial charge on any atom is 0.122 e. The number of hydrogen-bond donors (Lipinski definition) is 1. The summed E-state index contributed by atoms with van der Waals surface area (Å²) >= 11 is 0. The molecule has 0 aliphatic heterocycles. The van der Waals surface area contributed by atoms with Gasteiger partial charge in [-0.15, -0.1) is 0 Å². The van der Waals surface area contributed by atoms with Crippen LogP contribution in [0.5, 0.6) is 5.75 Å². The van der Waals surface area contributed by atoms with E-state index >= 15 is 0 Å². The number of para-hydroxylation sites is 1. The van der Waals surface area contributed by atoms with Crippen LogP contribution in [0.25, 0.3) is 0 Å². The van der Waals surface area contributed by atoms with E-state index in [1.807, 2.05) is 48.5 Å². The average molecular weight is 270 g/mol. The molecule has 20 heavy (non-hydrogen) atoms. The molecule has 0 aliphatic rings. The van der Waals surface area contributed by atoms with Gasteiger partial charge in [0.1, 0.15) is 18.5 Å². The quantitative estimate of drug-likeness (QED) is 0.847. The van der Waals surface area contributed by atoms with Gasteiger partial charge >= 0.3 is 0 Å². The molecule has 0 fully saturated rings. The van der Waals surface area contributed by atoms with E-state index in [-0.39, 0.29) is 6.61 Å². The number of hydrogen-bond acceptors (Lipinski definition) is 2. The Kier molecular flexibility index (Phi) is 5.19. The van der Waals surface area contributed by atoms with Gasteiger partial charge in [0.25, 0.3) is 0 Å². The van der Waals surface area contributed by atoms with Gasteiger partial charge in [0.2, 0.25) is 0 Å². The number of benzene rings is 2. The van der Waals surface area contributed by atoms with Crippen molar-refractivity contribution in [3.05, 3.63) is 65.7 Å².